The molecule has 1 unspecified atom stereocenters. The lowest BCUT2D eigenvalue weighted by atomic mass is 10.1. The average molecular weight is 239 g/mol. The van der Waals surface area contributed by atoms with Gasteiger partial charge < -0.3 is 5.11 Å². The van der Waals surface area contributed by atoms with E-state index in [0.29, 0.717) is 0 Å². The van der Waals surface area contributed by atoms with Gasteiger partial charge in [0.05, 0.1) is 12.6 Å². The molecule has 0 aromatic heterocycles. The minimum absolute atomic E-state index is 0.0959. The van der Waals surface area contributed by atoms with Gasteiger partial charge in [0.1, 0.15) is 0 Å². The van der Waals surface area contributed by atoms with Gasteiger partial charge in [-0.15, -0.1) is 0 Å². The van der Waals surface area contributed by atoms with Gasteiger partial charge in [0, 0.05) is 13.1 Å². The summed E-state index contributed by atoms with van der Waals surface area (Å²) in [6.45, 7) is 2.02. The van der Waals surface area contributed by atoms with E-state index in [1.54, 1.807) is 0 Å². The summed E-state index contributed by atoms with van der Waals surface area (Å²) in [5.41, 5.74) is 3.95. The summed E-state index contributed by atoms with van der Waals surface area (Å²) in [4.78, 5) is 2.33. The van der Waals surface area contributed by atoms with E-state index in [4.69, 9.17) is 0 Å². The number of rotatable bonds is 3. The number of benzene rings is 2. The molecule has 0 aliphatic carbocycles. The van der Waals surface area contributed by atoms with Crippen LogP contribution in [0.25, 0.3) is 0 Å². The number of aliphatic hydroxyl groups is 1. The van der Waals surface area contributed by atoms with Crippen LogP contribution in [0.2, 0.25) is 0 Å². The van der Waals surface area contributed by atoms with Crippen molar-refractivity contribution in [1.82, 2.24) is 4.90 Å². The van der Waals surface area contributed by atoms with Gasteiger partial charge in [0.25, 0.3) is 0 Å². The number of nitrogens with zero attached hydrogens (tertiary/aromatic N) is 1. The zero-order valence-corrected chi connectivity index (χ0v) is 10.3. The number of hydrogen-bond donors (Lipinski definition) is 1. The van der Waals surface area contributed by atoms with E-state index in [9.17, 15) is 5.11 Å². The van der Waals surface area contributed by atoms with Crippen LogP contribution in [0.4, 0.5) is 0 Å². The highest BCUT2D eigenvalue weighted by molar-refractivity contribution is 5.31. The summed E-state index contributed by atoms with van der Waals surface area (Å²) in [6.07, 6.45) is 0. The predicted octanol–water partition coefficient (Wildman–Crippen LogP) is 2.74. The van der Waals surface area contributed by atoms with Gasteiger partial charge in [-0.2, -0.15) is 0 Å². The van der Waals surface area contributed by atoms with Crippen molar-refractivity contribution in [2.24, 2.45) is 0 Å². The summed E-state index contributed by atoms with van der Waals surface area (Å²) in [5, 5.41) is 9.68. The zero-order valence-electron chi connectivity index (χ0n) is 10.3. The second kappa shape index (κ2) is 4.92. The SMILES string of the molecule is OCC(c1ccccc1)N1Cc2ccccc2C1. The van der Waals surface area contributed by atoms with Crippen molar-refractivity contribution in [2.45, 2.75) is 19.1 Å². The van der Waals surface area contributed by atoms with Crippen LogP contribution in [0.1, 0.15) is 22.7 Å². The van der Waals surface area contributed by atoms with Crippen molar-refractivity contribution in [3.63, 3.8) is 0 Å². The molecule has 0 bridgehead atoms. The Morgan fingerprint density at radius 1 is 0.889 bits per heavy atom. The molecule has 0 amide bonds. The highest BCUT2D eigenvalue weighted by Crippen LogP contribution is 2.30. The Hall–Kier alpha value is -1.64. The fourth-order valence-electron chi connectivity index (χ4n) is 2.69. The van der Waals surface area contributed by atoms with E-state index >= 15 is 0 Å². The smallest absolute Gasteiger partial charge is 0.0628 e. The van der Waals surface area contributed by atoms with Crippen LogP contribution in [0.15, 0.2) is 54.6 Å². The normalized spacial score (nSPS) is 16.5. The fourth-order valence-corrected chi connectivity index (χ4v) is 2.69. The molecule has 0 radical (unpaired) electrons. The van der Waals surface area contributed by atoms with Crippen LogP contribution in [0.5, 0.6) is 0 Å². The highest BCUT2D eigenvalue weighted by Gasteiger charge is 2.25. The largest absolute Gasteiger partial charge is 0.394 e. The molecule has 1 N–H and O–H groups in total. The topological polar surface area (TPSA) is 23.5 Å². The maximum absolute atomic E-state index is 9.68. The lowest BCUT2D eigenvalue weighted by Crippen LogP contribution is -2.26. The molecule has 0 saturated heterocycles. The number of aliphatic hydroxyl groups excluding tert-OH is 1. The molecule has 1 atom stereocenters. The van der Waals surface area contributed by atoms with E-state index in [1.807, 2.05) is 18.2 Å². The summed E-state index contributed by atoms with van der Waals surface area (Å²) in [5.74, 6) is 0. The van der Waals surface area contributed by atoms with Crippen LogP contribution < -0.4 is 0 Å². The van der Waals surface area contributed by atoms with Crippen LogP contribution in [0.3, 0.4) is 0 Å². The molecule has 1 aliphatic rings. The molecule has 0 saturated carbocycles. The first-order valence-corrected chi connectivity index (χ1v) is 6.35. The minimum atomic E-state index is 0.0959. The number of hydrogen-bond acceptors (Lipinski definition) is 2. The second-order valence-corrected chi connectivity index (χ2v) is 4.78. The molecule has 0 spiro atoms. The molecule has 18 heavy (non-hydrogen) atoms. The highest BCUT2D eigenvalue weighted by atomic mass is 16.3. The first-order chi connectivity index (χ1) is 8.88. The summed E-state index contributed by atoms with van der Waals surface area (Å²) in [6, 6.07) is 18.9. The Bertz CT molecular complexity index is 499. The lowest BCUT2D eigenvalue weighted by Gasteiger charge is -2.26. The quantitative estimate of drug-likeness (QED) is 0.890. The molecule has 0 fully saturated rings. The van der Waals surface area contributed by atoms with Crippen molar-refractivity contribution in [1.29, 1.82) is 0 Å². The zero-order chi connectivity index (χ0) is 12.4. The van der Waals surface area contributed by atoms with Crippen LogP contribution >= 0.6 is 0 Å². The third kappa shape index (κ3) is 2.05. The Balaban J connectivity index is 1.84. The van der Waals surface area contributed by atoms with E-state index in [1.165, 1.54) is 16.7 Å². The molecule has 92 valence electrons. The third-order valence-electron chi connectivity index (χ3n) is 3.66. The van der Waals surface area contributed by atoms with Crippen LogP contribution in [-0.2, 0) is 13.1 Å². The molecule has 3 rings (SSSR count). The Kier molecular flexibility index (Phi) is 3.13. The summed E-state index contributed by atoms with van der Waals surface area (Å²) in [7, 11) is 0. The fraction of sp³-hybridized carbons (Fsp3) is 0.250. The maximum atomic E-state index is 9.68. The monoisotopic (exact) mass is 239 g/mol. The summed E-state index contributed by atoms with van der Waals surface area (Å²) < 4.78 is 0. The van der Waals surface area contributed by atoms with E-state index in [0.717, 1.165) is 13.1 Å². The molecule has 1 heterocycles. The van der Waals surface area contributed by atoms with Gasteiger partial charge in [-0.05, 0) is 16.7 Å². The summed E-state index contributed by atoms with van der Waals surface area (Å²) >= 11 is 0. The predicted molar refractivity (Wildman–Crippen MR) is 72.0 cm³/mol. The third-order valence-corrected chi connectivity index (χ3v) is 3.66. The lowest BCUT2D eigenvalue weighted by molar-refractivity contribution is 0.122. The molecule has 1 aliphatic heterocycles. The van der Waals surface area contributed by atoms with Gasteiger partial charge in [-0.1, -0.05) is 54.6 Å². The van der Waals surface area contributed by atoms with Crippen molar-refractivity contribution >= 4 is 0 Å². The van der Waals surface area contributed by atoms with Crippen LogP contribution in [0, 0.1) is 0 Å². The van der Waals surface area contributed by atoms with Crippen LogP contribution in [-0.4, -0.2) is 16.6 Å². The van der Waals surface area contributed by atoms with E-state index in [-0.39, 0.29) is 12.6 Å². The average Bonchev–Trinajstić information content (AvgIpc) is 2.84. The van der Waals surface area contributed by atoms with Gasteiger partial charge in [0.2, 0.25) is 0 Å². The van der Waals surface area contributed by atoms with E-state index in [2.05, 4.69) is 41.3 Å². The van der Waals surface area contributed by atoms with Crippen molar-refractivity contribution < 1.29 is 5.11 Å². The standard InChI is InChI=1S/C16H17NO/c18-12-16(13-6-2-1-3-7-13)17-10-14-8-4-5-9-15(14)11-17/h1-9,16,18H,10-12H2. The van der Waals surface area contributed by atoms with Crippen molar-refractivity contribution in [3.8, 4) is 0 Å². The van der Waals surface area contributed by atoms with Gasteiger partial charge >= 0.3 is 0 Å². The maximum Gasteiger partial charge on any atom is 0.0628 e. The first kappa shape index (κ1) is 11.5. The molecule has 2 aromatic carbocycles. The first-order valence-electron chi connectivity index (χ1n) is 6.35. The van der Waals surface area contributed by atoms with Crippen molar-refractivity contribution in [2.75, 3.05) is 6.61 Å². The Morgan fingerprint density at radius 2 is 1.44 bits per heavy atom. The molecular weight excluding hydrogens is 222 g/mol. The number of fused-ring (bicyclic) bond motifs is 1. The second-order valence-electron chi connectivity index (χ2n) is 4.78. The molecular formula is C16H17NO. The van der Waals surface area contributed by atoms with Gasteiger partial charge in [-0.3, -0.25) is 4.90 Å². The van der Waals surface area contributed by atoms with Gasteiger partial charge in [-0.25, -0.2) is 0 Å². The van der Waals surface area contributed by atoms with E-state index < -0.39 is 0 Å². The molecule has 2 nitrogen and oxygen atoms in total. The van der Waals surface area contributed by atoms with Gasteiger partial charge in [0.15, 0.2) is 0 Å². The molecule has 2 heteroatoms. The Labute approximate surface area is 107 Å². The molecule has 2 aromatic rings. The minimum Gasteiger partial charge on any atom is -0.394 e. The Morgan fingerprint density at radius 3 is 2.00 bits per heavy atom. The van der Waals surface area contributed by atoms with Crippen molar-refractivity contribution in [3.05, 3.63) is 71.3 Å².